The fourth-order valence-electron chi connectivity index (χ4n) is 4.50. The number of hydrogen-bond donors (Lipinski definition) is 3. The number of para-hydroxylation sites is 1. The quantitative estimate of drug-likeness (QED) is 0.504. The van der Waals surface area contributed by atoms with Gasteiger partial charge in [-0.1, -0.05) is 18.2 Å². The molecular formula is C26H32N4O4. The molecule has 4 rings (SSSR count). The average Bonchev–Trinajstić information content (AvgIpc) is 3.21. The van der Waals surface area contributed by atoms with Gasteiger partial charge in [-0.05, 0) is 56.7 Å². The molecule has 1 saturated heterocycles. The van der Waals surface area contributed by atoms with E-state index in [1.54, 1.807) is 20.8 Å². The van der Waals surface area contributed by atoms with Gasteiger partial charge in [0.05, 0.1) is 13.2 Å². The molecule has 0 spiro atoms. The summed E-state index contributed by atoms with van der Waals surface area (Å²) in [6.07, 6.45) is 0.978. The van der Waals surface area contributed by atoms with Gasteiger partial charge in [-0.3, -0.25) is 9.69 Å². The van der Waals surface area contributed by atoms with Gasteiger partial charge in [0.1, 0.15) is 6.04 Å². The number of H-pyrrole nitrogens is 1. The molecule has 2 amide bonds. The second-order valence-corrected chi connectivity index (χ2v) is 9.54. The molecule has 1 aliphatic rings. The lowest BCUT2D eigenvalue weighted by molar-refractivity contribution is -0.122. The highest BCUT2D eigenvalue weighted by Gasteiger charge is 2.38. The maximum Gasteiger partial charge on any atom is 0.408 e. The number of hydrogen-bond acceptors (Lipinski definition) is 4. The van der Waals surface area contributed by atoms with E-state index in [1.165, 1.54) is 4.90 Å². The van der Waals surface area contributed by atoms with E-state index >= 15 is 0 Å². The standard InChI is InChI=1S/C26H32N4O4/c1-26(2,3)30(25(32)33)23(16-18-17-27-22-7-5-4-6-21(18)22)24(31)28-19-8-10-20(11-9-19)29-12-14-34-15-13-29/h4-11,17,23,27H,12-16H2,1-3H3,(H,28,31)(H,32,33)/t23-/m0/s1. The Kier molecular flexibility index (Phi) is 6.79. The molecule has 3 aromatic rings. The number of anilines is 2. The van der Waals surface area contributed by atoms with E-state index in [1.807, 2.05) is 54.7 Å². The molecule has 180 valence electrons. The first kappa shape index (κ1) is 23.6. The van der Waals surface area contributed by atoms with Crippen LogP contribution in [0.1, 0.15) is 26.3 Å². The van der Waals surface area contributed by atoms with Crippen LogP contribution in [0.2, 0.25) is 0 Å². The van der Waals surface area contributed by atoms with Crippen molar-refractivity contribution in [2.24, 2.45) is 0 Å². The molecule has 1 atom stereocenters. The van der Waals surface area contributed by atoms with E-state index in [2.05, 4.69) is 15.2 Å². The Labute approximate surface area is 199 Å². The van der Waals surface area contributed by atoms with Crippen molar-refractivity contribution in [3.05, 3.63) is 60.3 Å². The van der Waals surface area contributed by atoms with Crippen LogP contribution in [-0.4, -0.2) is 64.9 Å². The molecule has 8 heteroatoms. The predicted octanol–water partition coefficient (Wildman–Crippen LogP) is 4.33. The molecule has 0 unspecified atom stereocenters. The van der Waals surface area contributed by atoms with Gasteiger partial charge in [0, 0.05) is 53.5 Å². The second-order valence-electron chi connectivity index (χ2n) is 9.54. The number of benzene rings is 2. The smallest absolute Gasteiger partial charge is 0.408 e. The molecular weight excluding hydrogens is 432 g/mol. The van der Waals surface area contributed by atoms with Crippen molar-refractivity contribution >= 4 is 34.3 Å². The molecule has 34 heavy (non-hydrogen) atoms. The normalized spacial score (nSPS) is 15.2. The number of fused-ring (bicyclic) bond motifs is 1. The number of aromatic amines is 1. The van der Waals surface area contributed by atoms with E-state index in [9.17, 15) is 14.7 Å². The van der Waals surface area contributed by atoms with Crippen molar-refractivity contribution in [3.63, 3.8) is 0 Å². The van der Waals surface area contributed by atoms with E-state index in [-0.39, 0.29) is 12.3 Å². The van der Waals surface area contributed by atoms with Crippen molar-refractivity contribution in [2.75, 3.05) is 36.5 Å². The first-order valence-corrected chi connectivity index (χ1v) is 11.5. The number of aromatic nitrogens is 1. The zero-order valence-corrected chi connectivity index (χ0v) is 19.9. The number of amides is 2. The molecule has 0 aliphatic carbocycles. The van der Waals surface area contributed by atoms with Crippen molar-refractivity contribution in [1.29, 1.82) is 0 Å². The van der Waals surface area contributed by atoms with Crippen molar-refractivity contribution in [3.8, 4) is 0 Å². The molecule has 1 aliphatic heterocycles. The van der Waals surface area contributed by atoms with Gasteiger partial charge in [-0.25, -0.2) is 4.79 Å². The van der Waals surface area contributed by atoms with Crippen LogP contribution in [0.5, 0.6) is 0 Å². The fraction of sp³-hybridized carbons (Fsp3) is 0.385. The largest absolute Gasteiger partial charge is 0.465 e. The first-order valence-electron chi connectivity index (χ1n) is 11.5. The van der Waals surface area contributed by atoms with E-state index in [0.717, 1.165) is 35.2 Å². The van der Waals surface area contributed by atoms with Crippen LogP contribution >= 0.6 is 0 Å². The third kappa shape index (κ3) is 5.17. The van der Waals surface area contributed by atoms with Crippen LogP contribution in [0.25, 0.3) is 10.9 Å². The summed E-state index contributed by atoms with van der Waals surface area (Å²) in [5, 5.41) is 14.0. The highest BCUT2D eigenvalue weighted by atomic mass is 16.5. The SMILES string of the molecule is CC(C)(C)N(C(=O)O)[C@@H](Cc1c[nH]c2ccccc12)C(=O)Nc1ccc(N2CCOCC2)cc1. The van der Waals surface area contributed by atoms with Crippen LogP contribution in [0.15, 0.2) is 54.7 Å². The molecule has 0 radical (unpaired) electrons. The summed E-state index contributed by atoms with van der Waals surface area (Å²) in [5.41, 5.74) is 2.78. The number of morpholine rings is 1. The number of carbonyl (C=O) groups is 2. The maximum atomic E-state index is 13.5. The number of carbonyl (C=O) groups excluding carboxylic acids is 1. The van der Waals surface area contributed by atoms with Gasteiger partial charge in [-0.2, -0.15) is 0 Å². The third-order valence-electron chi connectivity index (χ3n) is 6.14. The highest BCUT2D eigenvalue weighted by Crippen LogP contribution is 2.26. The number of nitrogens with one attached hydrogen (secondary N) is 2. The molecule has 8 nitrogen and oxygen atoms in total. The fourth-order valence-corrected chi connectivity index (χ4v) is 4.50. The summed E-state index contributed by atoms with van der Waals surface area (Å²) in [4.78, 5) is 32.5. The second kappa shape index (κ2) is 9.77. The summed E-state index contributed by atoms with van der Waals surface area (Å²) in [6.45, 7) is 8.46. The predicted molar refractivity (Wildman–Crippen MR) is 134 cm³/mol. The maximum absolute atomic E-state index is 13.5. The van der Waals surface area contributed by atoms with Gasteiger partial charge in [0.2, 0.25) is 5.91 Å². The van der Waals surface area contributed by atoms with Gasteiger partial charge < -0.3 is 25.0 Å². The van der Waals surface area contributed by atoms with Crippen molar-refractivity contribution in [2.45, 2.75) is 38.8 Å². The zero-order chi connectivity index (χ0) is 24.3. The Morgan fingerprint density at radius 3 is 2.44 bits per heavy atom. The Bertz CT molecular complexity index is 1140. The van der Waals surface area contributed by atoms with Crippen molar-refractivity contribution in [1.82, 2.24) is 9.88 Å². The summed E-state index contributed by atoms with van der Waals surface area (Å²) in [7, 11) is 0. The minimum atomic E-state index is -1.13. The van der Waals surface area contributed by atoms with Gasteiger partial charge in [0.15, 0.2) is 0 Å². The third-order valence-corrected chi connectivity index (χ3v) is 6.14. The van der Waals surface area contributed by atoms with Gasteiger partial charge >= 0.3 is 6.09 Å². The lowest BCUT2D eigenvalue weighted by Crippen LogP contribution is -2.56. The molecule has 1 aromatic heterocycles. The lowest BCUT2D eigenvalue weighted by atomic mass is 9.97. The van der Waals surface area contributed by atoms with Crippen LogP contribution in [0.3, 0.4) is 0 Å². The summed E-state index contributed by atoms with van der Waals surface area (Å²) >= 11 is 0. The van der Waals surface area contributed by atoms with Crippen molar-refractivity contribution < 1.29 is 19.4 Å². The lowest BCUT2D eigenvalue weighted by Gasteiger charge is -2.38. The number of rotatable bonds is 6. The molecule has 2 aromatic carbocycles. The minimum absolute atomic E-state index is 0.255. The number of carboxylic acid groups (broad SMARTS) is 1. The monoisotopic (exact) mass is 464 g/mol. The molecule has 0 saturated carbocycles. The van der Waals surface area contributed by atoms with Gasteiger partial charge in [-0.15, -0.1) is 0 Å². The number of ether oxygens (including phenoxy) is 1. The molecule has 3 N–H and O–H groups in total. The average molecular weight is 465 g/mol. The molecule has 0 bridgehead atoms. The summed E-state index contributed by atoms with van der Waals surface area (Å²) < 4.78 is 5.41. The Morgan fingerprint density at radius 1 is 1.12 bits per heavy atom. The van der Waals surface area contributed by atoms with E-state index < -0.39 is 17.7 Å². The topological polar surface area (TPSA) is 97.9 Å². The number of nitrogens with zero attached hydrogens (tertiary/aromatic N) is 2. The summed E-state index contributed by atoms with van der Waals surface area (Å²) in [6, 6.07) is 14.5. The van der Waals surface area contributed by atoms with Crippen LogP contribution in [0, 0.1) is 0 Å². The molecule has 1 fully saturated rings. The highest BCUT2D eigenvalue weighted by molar-refractivity contribution is 5.97. The minimum Gasteiger partial charge on any atom is -0.465 e. The summed E-state index contributed by atoms with van der Waals surface area (Å²) in [5.74, 6) is -0.360. The Balaban J connectivity index is 1.58. The zero-order valence-electron chi connectivity index (χ0n) is 19.9. The Hall–Kier alpha value is -3.52. The van der Waals surface area contributed by atoms with Gasteiger partial charge in [0.25, 0.3) is 0 Å². The van der Waals surface area contributed by atoms with E-state index in [0.29, 0.717) is 18.9 Å². The van der Waals surface area contributed by atoms with Crippen LogP contribution in [0.4, 0.5) is 16.2 Å². The molecule has 2 heterocycles. The Morgan fingerprint density at radius 2 is 1.79 bits per heavy atom. The van der Waals surface area contributed by atoms with E-state index in [4.69, 9.17) is 4.74 Å². The van der Waals surface area contributed by atoms with Crippen LogP contribution < -0.4 is 10.2 Å². The van der Waals surface area contributed by atoms with Crippen LogP contribution in [-0.2, 0) is 16.0 Å². The first-order chi connectivity index (χ1) is 16.2.